The predicted molar refractivity (Wildman–Crippen MR) is 67.1 cm³/mol. The van der Waals surface area contributed by atoms with Crippen molar-refractivity contribution in [3.05, 3.63) is 0 Å². The van der Waals surface area contributed by atoms with Crippen molar-refractivity contribution in [2.75, 3.05) is 19.7 Å². The summed E-state index contributed by atoms with van der Waals surface area (Å²) < 4.78 is 5.40. The number of nitrogens with zero attached hydrogens (tertiary/aromatic N) is 1. The van der Waals surface area contributed by atoms with Crippen LogP contribution >= 0.6 is 12.2 Å². The van der Waals surface area contributed by atoms with E-state index in [1.807, 2.05) is 20.8 Å². The number of thiocarbonyl (C=S) groups is 1. The number of rotatable bonds is 3. The van der Waals surface area contributed by atoms with E-state index >= 15 is 0 Å². The lowest BCUT2D eigenvalue weighted by Gasteiger charge is -2.34. The van der Waals surface area contributed by atoms with Gasteiger partial charge in [0.25, 0.3) is 0 Å². The highest BCUT2D eigenvalue weighted by molar-refractivity contribution is 7.80. The molecule has 2 atom stereocenters. The Balaban J connectivity index is 2.60. The number of morpholine rings is 1. The molecule has 1 heterocycles. The number of ether oxygens (including phenoxy) is 1. The molecule has 1 aliphatic heterocycles. The SMILES string of the molecule is CC(C)C(C)C(=O)N1CCOC(C(N)=S)C1. The third kappa shape index (κ3) is 3.15. The second kappa shape index (κ2) is 5.59. The Bertz CT molecular complexity index is 281. The highest BCUT2D eigenvalue weighted by Crippen LogP contribution is 2.16. The van der Waals surface area contributed by atoms with Gasteiger partial charge in [-0.2, -0.15) is 0 Å². The van der Waals surface area contributed by atoms with Crippen molar-refractivity contribution in [3.8, 4) is 0 Å². The number of amides is 1. The zero-order valence-electron chi connectivity index (χ0n) is 10.1. The lowest BCUT2D eigenvalue weighted by molar-refractivity contribution is -0.141. The molecule has 0 aromatic rings. The Morgan fingerprint density at radius 2 is 2.12 bits per heavy atom. The molecule has 0 bridgehead atoms. The smallest absolute Gasteiger partial charge is 0.225 e. The average Bonchev–Trinajstić information content (AvgIpc) is 2.27. The van der Waals surface area contributed by atoms with Gasteiger partial charge < -0.3 is 15.4 Å². The molecule has 1 amide bonds. The number of carbonyl (C=O) groups excluding carboxylic acids is 1. The van der Waals surface area contributed by atoms with Gasteiger partial charge in [0.05, 0.1) is 13.2 Å². The Morgan fingerprint density at radius 3 is 2.62 bits per heavy atom. The molecule has 5 heteroatoms. The standard InChI is InChI=1S/C11H20N2O2S/c1-7(2)8(3)11(14)13-4-5-15-9(6-13)10(12)16/h7-9H,4-6H2,1-3H3,(H2,12,16). The Labute approximate surface area is 102 Å². The van der Waals surface area contributed by atoms with Crippen LogP contribution in [0.2, 0.25) is 0 Å². The van der Waals surface area contributed by atoms with Crippen molar-refractivity contribution in [3.63, 3.8) is 0 Å². The fraction of sp³-hybridized carbons (Fsp3) is 0.818. The minimum absolute atomic E-state index is 0.0325. The van der Waals surface area contributed by atoms with Crippen molar-refractivity contribution in [1.29, 1.82) is 0 Å². The van der Waals surface area contributed by atoms with Crippen LogP contribution in [0, 0.1) is 11.8 Å². The van der Waals surface area contributed by atoms with Gasteiger partial charge in [0.2, 0.25) is 5.91 Å². The van der Waals surface area contributed by atoms with Crippen molar-refractivity contribution in [2.24, 2.45) is 17.6 Å². The summed E-state index contributed by atoms with van der Waals surface area (Å²) in [4.78, 5) is 14.2. The molecule has 1 rings (SSSR count). The van der Waals surface area contributed by atoms with Gasteiger partial charge in [-0.05, 0) is 5.92 Å². The zero-order valence-corrected chi connectivity index (χ0v) is 10.9. The van der Waals surface area contributed by atoms with E-state index in [1.54, 1.807) is 4.90 Å². The molecule has 1 fully saturated rings. The van der Waals surface area contributed by atoms with Crippen LogP contribution in [0.4, 0.5) is 0 Å². The minimum Gasteiger partial charge on any atom is -0.391 e. The molecule has 0 radical (unpaired) electrons. The average molecular weight is 244 g/mol. The summed E-state index contributed by atoms with van der Waals surface area (Å²) in [6.07, 6.45) is -0.285. The molecule has 0 aliphatic carbocycles. The maximum Gasteiger partial charge on any atom is 0.225 e. The fourth-order valence-electron chi connectivity index (χ4n) is 1.59. The summed E-state index contributed by atoms with van der Waals surface area (Å²) in [5.41, 5.74) is 5.53. The zero-order chi connectivity index (χ0) is 12.3. The molecule has 0 saturated carbocycles. The van der Waals surface area contributed by atoms with E-state index in [1.165, 1.54) is 0 Å². The third-order valence-electron chi connectivity index (χ3n) is 3.08. The van der Waals surface area contributed by atoms with Crippen LogP contribution in [-0.4, -0.2) is 41.6 Å². The lowest BCUT2D eigenvalue weighted by atomic mass is 9.96. The van der Waals surface area contributed by atoms with Gasteiger partial charge in [-0.3, -0.25) is 4.79 Å². The maximum absolute atomic E-state index is 12.1. The maximum atomic E-state index is 12.1. The normalized spacial score (nSPS) is 23.2. The van der Waals surface area contributed by atoms with Crippen LogP contribution in [0.3, 0.4) is 0 Å². The quantitative estimate of drug-likeness (QED) is 0.746. The number of hydrogen-bond acceptors (Lipinski definition) is 3. The Morgan fingerprint density at radius 1 is 1.50 bits per heavy atom. The third-order valence-corrected chi connectivity index (χ3v) is 3.35. The summed E-state index contributed by atoms with van der Waals surface area (Å²) in [6, 6.07) is 0. The molecule has 2 unspecified atom stereocenters. The van der Waals surface area contributed by atoms with Crippen molar-refractivity contribution in [2.45, 2.75) is 26.9 Å². The Kier molecular flexibility index (Phi) is 4.68. The summed E-state index contributed by atoms with van der Waals surface area (Å²) >= 11 is 4.89. The monoisotopic (exact) mass is 244 g/mol. The number of nitrogens with two attached hydrogens (primary N) is 1. The summed E-state index contributed by atoms with van der Waals surface area (Å²) in [7, 11) is 0. The van der Waals surface area contributed by atoms with Crippen LogP contribution in [0.1, 0.15) is 20.8 Å². The molecule has 0 aromatic heterocycles. The summed E-state index contributed by atoms with van der Waals surface area (Å²) in [5.74, 6) is 0.545. The van der Waals surface area contributed by atoms with E-state index in [-0.39, 0.29) is 17.9 Å². The Hall–Kier alpha value is -0.680. The lowest BCUT2D eigenvalue weighted by Crippen LogP contribution is -2.51. The van der Waals surface area contributed by atoms with Crippen LogP contribution in [0.25, 0.3) is 0 Å². The van der Waals surface area contributed by atoms with Gasteiger partial charge in [0.15, 0.2) is 0 Å². The highest BCUT2D eigenvalue weighted by Gasteiger charge is 2.29. The van der Waals surface area contributed by atoms with E-state index in [0.29, 0.717) is 30.6 Å². The van der Waals surface area contributed by atoms with Gasteiger partial charge in [-0.15, -0.1) is 0 Å². The van der Waals surface area contributed by atoms with E-state index in [0.717, 1.165) is 0 Å². The van der Waals surface area contributed by atoms with Crippen LogP contribution in [0.15, 0.2) is 0 Å². The molecule has 1 saturated heterocycles. The molecule has 4 nitrogen and oxygen atoms in total. The molecular formula is C11H20N2O2S. The summed E-state index contributed by atoms with van der Waals surface area (Å²) in [5, 5.41) is 0. The highest BCUT2D eigenvalue weighted by atomic mass is 32.1. The largest absolute Gasteiger partial charge is 0.391 e. The van der Waals surface area contributed by atoms with E-state index in [2.05, 4.69) is 0 Å². The summed E-state index contributed by atoms with van der Waals surface area (Å²) in [6.45, 7) is 7.69. The van der Waals surface area contributed by atoms with Crippen LogP contribution in [-0.2, 0) is 9.53 Å². The van der Waals surface area contributed by atoms with Gasteiger partial charge in [-0.1, -0.05) is 33.0 Å². The molecule has 16 heavy (non-hydrogen) atoms. The molecule has 92 valence electrons. The number of carbonyl (C=O) groups is 1. The van der Waals surface area contributed by atoms with E-state index in [4.69, 9.17) is 22.7 Å². The number of hydrogen-bond donors (Lipinski definition) is 1. The first-order valence-electron chi connectivity index (χ1n) is 5.63. The first-order chi connectivity index (χ1) is 7.43. The van der Waals surface area contributed by atoms with E-state index in [9.17, 15) is 4.79 Å². The topological polar surface area (TPSA) is 55.6 Å². The molecule has 2 N–H and O–H groups in total. The van der Waals surface area contributed by atoms with E-state index < -0.39 is 0 Å². The van der Waals surface area contributed by atoms with Gasteiger partial charge in [0.1, 0.15) is 11.1 Å². The first kappa shape index (κ1) is 13.4. The van der Waals surface area contributed by atoms with Crippen molar-refractivity contribution < 1.29 is 9.53 Å². The fourth-order valence-corrected chi connectivity index (χ4v) is 1.74. The predicted octanol–water partition coefficient (Wildman–Crippen LogP) is 0.792. The molecular weight excluding hydrogens is 224 g/mol. The minimum atomic E-state index is -0.285. The molecule has 1 aliphatic rings. The van der Waals surface area contributed by atoms with Crippen molar-refractivity contribution in [1.82, 2.24) is 4.90 Å². The van der Waals surface area contributed by atoms with Gasteiger partial charge in [0, 0.05) is 12.5 Å². The first-order valence-corrected chi connectivity index (χ1v) is 6.04. The van der Waals surface area contributed by atoms with Crippen LogP contribution < -0.4 is 5.73 Å². The van der Waals surface area contributed by atoms with Crippen LogP contribution in [0.5, 0.6) is 0 Å². The molecule has 0 spiro atoms. The van der Waals surface area contributed by atoms with Gasteiger partial charge >= 0.3 is 0 Å². The molecule has 0 aromatic carbocycles. The second-order valence-corrected chi connectivity index (χ2v) is 5.05. The van der Waals surface area contributed by atoms with Gasteiger partial charge in [-0.25, -0.2) is 0 Å². The second-order valence-electron chi connectivity index (χ2n) is 4.58. The van der Waals surface area contributed by atoms with Crippen molar-refractivity contribution >= 4 is 23.1 Å².